The Balaban J connectivity index is 3.78. The Morgan fingerprint density at radius 3 is 2.25 bits per heavy atom. The van der Waals surface area contributed by atoms with Crippen molar-refractivity contribution in [2.24, 2.45) is 0 Å². The summed E-state index contributed by atoms with van der Waals surface area (Å²) >= 11 is 0. The van der Waals surface area contributed by atoms with Crippen LogP contribution < -0.4 is 0 Å². The second-order valence-electron chi connectivity index (χ2n) is 3.86. The van der Waals surface area contributed by atoms with Crippen molar-refractivity contribution in [1.82, 2.24) is 4.90 Å². The van der Waals surface area contributed by atoms with Crippen LogP contribution in [0.5, 0.6) is 0 Å². The quantitative estimate of drug-likeness (QED) is 0.529. The molecule has 0 rings (SSSR count). The lowest BCUT2D eigenvalue weighted by Crippen LogP contribution is -2.36. The number of nitrogens with zero attached hydrogens (tertiary/aromatic N) is 1. The summed E-state index contributed by atoms with van der Waals surface area (Å²) in [5, 5.41) is 8.81. The van der Waals surface area contributed by atoms with E-state index in [4.69, 9.17) is 14.0 Å². The van der Waals surface area contributed by atoms with E-state index in [2.05, 4.69) is 0 Å². The maximum absolute atomic E-state index is 10.7. The third kappa shape index (κ3) is 5.48. The predicted molar refractivity (Wildman–Crippen MR) is 64.9 cm³/mol. The van der Waals surface area contributed by atoms with Gasteiger partial charge in [-0.15, -0.1) is 0 Å². The SMILES string of the molecule is CCN(CCCC[Si](C)(OC)OC)C(=O)O. The molecule has 0 radical (unpaired) electrons. The third-order valence-electron chi connectivity index (χ3n) is 2.82. The van der Waals surface area contributed by atoms with E-state index in [0.717, 1.165) is 18.9 Å². The molecule has 0 aliphatic heterocycles. The van der Waals surface area contributed by atoms with Crippen LogP contribution in [-0.2, 0) is 8.85 Å². The highest BCUT2D eigenvalue weighted by molar-refractivity contribution is 6.65. The monoisotopic (exact) mass is 249 g/mol. The number of rotatable bonds is 8. The van der Waals surface area contributed by atoms with Gasteiger partial charge in [-0.3, -0.25) is 0 Å². The lowest BCUT2D eigenvalue weighted by molar-refractivity contribution is 0.147. The molecule has 0 aromatic carbocycles. The molecular formula is C10H23NO4Si. The molecule has 0 spiro atoms. The van der Waals surface area contributed by atoms with Crippen LogP contribution in [0, 0.1) is 0 Å². The Morgan fingerprint density at radius 2 is 1.88 bits per heavy atom. The molecule has 0 saturated carbocycles. The van der Waals surface area contributed by atoms with Crippen LogP contribution in [0.25, 0.3) is 0 Å². The summed E-state index contributed by atoms with van der Waals surface area (Å²) in [5.74, 6) is 0. The van der Waals surface area contributed by atoms with Crippen molar-refractivity contribution in [3.8, 4) is 0 Å². The van der Waals surface area contributed by atoms with Gasteiger partial charge in [-0.05, 0) is 32.4 Å². The number of unbranched alkanes of at least 4 members (excludes halogenated alkanes) is 1. The van der Waals surface area contributed by atoms with Crippen LogP contribution in [0.1, 0.15) is 19.8 Å². The van der Waals surface area contributed by atoms with Crippen LogP contribution in [-0.4, -0.2) is 52.0 Å². The second-order valence-corrected chi connectivity index (χ2v) is 7.45. The highest BCUT2D eigenvalue weighted by Gasteiger charge is 2.27. The fourth-order valence-corrected chi connectivity index (χ4v) is 2.89. The Morgan fingerprint density at radius 1 is 1.31 bits per heavy atom. The molecule has 96 valence electrons. The standard InChI is InChI=1S/C10H23NO4Si/c1-5-11(10(12)13)8-6-7-9-16(4,14-2)15-3/h5-9H2,1-4H3,(H,12,13). The first-order valence-corrected chi connectivity index (χ1v) is 8.09. The molecule has 0 atom stereocenters. The summed E-state index contributed by atoms with van der Waals surface area (Å²) in [6.07, 6.45) is 0.949. The van der Waals surface area contributed by atoms with Gasteiger partial charge in [0.15, 0.2) is 0 Å². The van der Waals surface area contributed by atoms with Crippen molar-refractivity contribution in [2.75, 3.05) is 27.3 Å². The van der Waals surface area contributed by atoms with Crippen LogP contribution in [0.4, 0.5) is 4.79 Å². The van der Waals surface area contributed by atoms with E-state index < -0.39 is 14.7 Å². The van der Waals surface area contributed by atoms with Crippen molar-refractivity contribution in [3.05, 3.63) is 0 Å². The highest BCUT2D eigenvalue weighted by Crippen LogP contribution is 2.15. The Labute approximate surface area is 98.6 Å². The first-order chi connectivity index (χ1) is 7.49. The zero-order chi connectivity index (χ0) is 12.6. The summed E-state index contributed by atoms with van der Waals surface area (Å²) in [4.78, 5) is 12.1. The van der Waals surface area contributed by atoms with Crippen LogP contribution in [0.3, 0.4) is 0 Å². The maximum Gasteiger partial charge on any atom is 0.407 e. The van der Waals surface area contributed by atoms with Crippen molar-refractivity contribution in [3.63, 3.8) is 0 Å². The summed E-state index contributed by atoms with van der Waals surface area (Å²) in [5.41, 5.74) is 0. The first-order valence-electron chi connectivity index (χ1n) is 5.57. The van der Waals surface area contributed by atoms with Gasteiger partial charge in [0, 0.05) is 27.3 Å². The van der Waals surface area contributed by atoms with Gasteiger partial charge in [-0.1, -0.05) is 0 Å². The second kappa shape index (κ2) is 7.64. The van der Waals surface area contributed by atoms with Gasteiger partial charge in [-0.2, -0.15) is 0 Å². The van der Waals surface area contributed by atoms with Crippen LogP contribution in [0.2, 0.25) is 12.6 Å². The molecular weight excluding hydrogens is 226 g/mol. The fraction of sp³-hybridized carbons (Fsp3) is 0.900. The van der Waals surface area contributed by atoms with Crippen molar-refractivity contribution < 1.29 is 18.8 Å². The molecule has 0 fully saturated rings. The molecule has 1 amide bonds. The average molecular weight is 249 g/mol. The van der Waals surface area contributed by atoms with Gasteiger partial charge in [0.25, 0.3) is 0 Å². The molecule has 0 heterocycles. The lowest BCUT2D eigenvalue weighted by atomic mass is 10.3. The van der Waals surface area contributed by atoms with E-state index in [1.165, 1.54) is 4.90 Å². The van der Waals surface area contributed by atoms with Crippen molar-refractivity contribution in [2.45, 2.75) is 32.4 Å². The molecule has 0 aliphatic carbocycles. The summed E-state index contributed by atoms with van der Waals surface area (Å²) in [6, 6.07) is 0.900. The van der Waals surface area contributed by atoms with Crippen molar-refractivity contribution >= 4 is 14.7 Å². The summed E-state index contributed by atoms with van der Waals surface area (Å²) < 4.78 is 10.7. The minimum absolute atomic E-state index is 0.540. The Bertz CT molecular complexity index is 209. The zero-order valence-electron chi connectivity index (χ0n) is 10.7. The zero-order valence-corrected chi connectivity index (χ0v) is 11.7. The third-order valence-corrected chi connectivity index (χ3v) is 5.81. The van der Waals surface area contributed by atoms with Gasteiger partial charge in [0.05, 0.1) is 0 Å². The van der Waals surface area contributed by atoms with Crippen LogP contribution >= 0.6 is 0 Å². The summed E-state index contributed by atoms with van der Waals surface area (Å²) in [7, 11) is 1.37. The highest BCUT2D eigenvalue weighted by atomic mass is 28.4. The molecule has 1 N–H and O–H groups in total. The van der Waals surface area contributed by atoms with E-state index in [0.29, 0.717) is 13.1 Å². The predicted octanol–water partition coefficient (Wildman–Crippen LogP) is 2.13. The van der Waals surface area contributed by atoms with E-state index in [9.17, 15) is 4.79 Å². The van der Waals surface area contributed by atoms with Gasteiger partial charge >= 0.3 is 14.7 Å². The number of hydrogen-bond acceptors (Lipinski definition) is 3. The van der Waals surface area contributed by atoms with Gasteiger partial charge in [-0.25, -0.2) is 4.79 Å². The smallest absolute Gasteiger partial charge is 0.407 e. The topological polar surface area (TPSA) is 59.0 Å². The van der Waals surface area contributed by atoms with E-state index in [1.807, 2.05) is 13.5 Å². The molecule has 0 unspecified atom stereocenters. The summed E-state index contributed by atoms with van der Waals surface area (Å²) in [6.45, 7) is 4.99. The Kier molecular flexibility index (Phi) is 7.36. The number of hydrogen-bond donors (Lipinski definition) is 1. The molecule has 0 aliphatic rings. The van der Waals surface area contributed by atoms with Gasteiger partial charge in [0.2, 0.25) is 0 Å². The lowest BCUT2D eigenvalue weighted by Gasteiger charge is -2.23. The largest absolute Gasteiger partial charge is 0.465 e. The normalized spacial score (nSPS) is 11.5. The fourth-order valence-electron chi connectivity index (χ4n) is 1.43. The molecule has 0 bridgehead atoms. The molecule has 16 heavy (non-hydrogen) atoms. The van der Waals surface area contributed by atoms with Gasteiger partial charge in [0.1, 0.15) is 0 Å². The minimum Gasteiger partial charge on any atom is -0.465 e. The number of amides is 1. The number of carboxylic acid groups (broad SMARTS) is 1. The molecule has 0 aromatic heterocycles. The average Bonchev–Trinajstić information content (AvgIpc) is 2.28. The van der Waals surface area contributed by atoms with E-state index in [1.54, 1.807) is 14.2 Å². The van der Waals surface area contributed by atoms with Crippen molar-refractivity contribution in [1.29, 1.82) is 0 Å². The molecule has 6 heteroatoms. The molecule has 0 aromatic rings. The molecule has 0 saturated heterocycles. The number of carbonyl (C=O) groups is 1. The first kappa shape index (κ1) is 15.4. The molecule has 5 nitrogen and oxygen atoms in total. The Hall–Kier alpha value is -0.593. The van der Waals surface area contributed by atoms with Crippen LogP contribution in [0.15, 0.2) is 0 Å². The van der Waals surface area contributed by atoms with E-state index in [-0.39, 0.29) is 0 Å². The van der Waals surface area contributed by atoms with Gasteiger partial charge < -0.3 is 18.9 Å². The maximum atomic E-state index is 10.7. The minimum atomic E-state index is -1.97. The van der Waals surface area contributed by atoms with E-state index >= 15 is 0 Å².